The standard InChI is InChI=1S/C19H19NO/c1-13-7-10-17(14(2)11-13)19(21)12-16-9-8-15-5-3-4-6-18(15)20-16/h3-11,19,21H,12H2,1-2H3. The average molecular weight is 277 g/mol. The van der Waals surface area contributed by atoms with Crippen LogP contribution < -0.4 is 0 Å². The van der Waals surface area contributed by atoms with Crippen LogP contribution in [0.4, 0.5) is 0 Å². The zero-order chi connectivity index (χ0) is 14.8. The molecule has 1 heterocycles. The van der Waals surface area contributed by atoms with Crippen molar-refractivity contribution in [1.82, 2.24) is 4.98 Å². The summed E-state index contributed by atoms with van der Waals surface area (Å²) >= 11 is 0. The summed E-state index contributed by atoms with van der Waals surface area (Å²) in [6.45, 7) is 4.10. The van der Waals surface area contributed by atoms with Crippen molar-refractivity contribution in [1.29, 1.82) is 0 Å². The number of rotatable bonds is 3. The van der Waals surface area contributed by atoms with Gasteiger partial charge in [0.2, 0.25) is 0 Å². The quantitative estimate of drug-likeness (QED) is 0.781. The number of pyridine rings is 1. The Morgan fingerprint density at radius 3 is 2.62 bits per heavy atom. The molecule has 2 aromatic carbocycles. The highest BCUT2D eigenvalue weighted by Crippen LogP contribution is 2.23. The van der Waals surface area contributed by atoms with E-state index in [0.717, 1.165) is 27.7 Å². The fraction of sp³-hybridized carbons (Fsp3) is 0.211. The summed E-state index contributed by atoms with van der Waals surface area (Å²) in [5, 5.41) is 11.6. The van der Waals surface area contributed by atoms with Crippen LogP contribution in [0.25, 0.3) is 10.9 Å². The van der Waals surface area contributed by atoms with E-state index in [2.05, 4.69) is 24.0 Å². The smallest absolute Gasteiger partial charge is 0.0848 e. The molecule has 0 saturated carbocycles. The van der Waals surface area contributed by atoms with Crippen molar-refractivity contribution in [2.45, 2.75) is 26.4 Å². The SMILES string of the molecule is Cc1ccc(C(O)Cc2ccc3ccccc3n2)c(C)c1. The first-order chi connectivity index (χ1) is 10.1. The number of benzene rings is 2. The highest BCUT2D eigenvalue weighted by atomic mass is 16.3. The maximum atomic E-state index is 10.5. The van der Waals surface area contributed by atoms with Crippen LogP contribution in [0, 0.1) is 13.8 Å². The minimum atomic E-state index is -0.515. The molecule has 0 aliphatic rings. The predicted octanol–water partition coefficient (Wildman–Crippen LogP) is 4.13. The van der Waals surface area contributed by atoms with E-state index in [1.807, 2.05) is 49.4 Å². The van der Waals surface area contributed by atoms with Gasteiger partial charge < -0.3 is 5.11 Å². The summed E-state index contributed by atoms with van der Waals surface area (Å²) in [5.41, 5.74) is 5.22. The van der Waals surface area contributed by atoms with Crippen molar-refractivity contribution in [2.75, 3.05) is 0 Å². The maximum absolute atomic E-state index is 10.5. The molecule has 106 valence electrons. The van der Waals surface area contributed by atoms with Gasteiger partial charge in [-0.2, -0.15) is 0 Å². The summed E-state index contributed by atoms with van der Waals surface area (Å²) in [6.07, 6.45) is 0.0219. The van der Waals surface area contributed by atoms with Crippen molar-refractivity contribution in [3.05, 3.63) is 77.0 Å². The van der Waals surface area contributed by atoms with E-state index in [9.17, 15) is 5.11 Å². The Hall–Kier alpha value is -2.19. The highest BCUT2D eigenvalue weighted by molar-refractivity contribution is 5.78. The van der Waals surface area contributed by atoms with Gasteiger partial charge in [0.1, 0.15) is 0 Å². The lowest BCUT2D eigenvalue weighted by Crippen LogP contribution is -2.05. The summed E-state index contributed by atoms with van der Waals surface area (Å²) < 4.78 is 0. The molecule has 2 heteroatoms. The molecule has 21 heavy (non-hydrogen) atoms. The number of aliphatic hydroxyl groups is 1. The molecule has 1 aromatic heterocycles. The normalized spacial score (nSPS) is 12.5. The van der Waals surface area contributed by atoms with Gasteiger partial charge in [-0.15, -0.1) is 0 Å². The van der Waals surface area contributed by atoms with Gasteiger partial charge in [-0.25, -0.2) is 0 Å². The molecule has 3 rings (SSSR count). The fourth-order valence-corrected chi connectivity index (χ4v) is 2.73. The van der Waals surface area contributed by atoms with Crippen molar-refractivity contribution in [3.63, 3.8) is 0 Å². The van der Waals surface area contributed by atoms with Gasteiger partial charge in [-0.05, 0) is 37.1 Å². The molecule has 1 atom stereocenters. The number of aromatic nitrogens is 1. The first kappa shape index (κ1) is 13.8. The summed E-state index contributed by atoms with van der Waals surface area (Å²) in [5.74, 6) is 0. The molecule has 3 aromatic rings. The van der Waals surface area contributed by atoms with Crippen molar-refractivity contribution in [3.8, 4) is 0 Å². The van der Waals surface area contributed by atoms with Gasteiger partial charge in [0.25, 0.3) is 0 Å². The second kappa shape index (κ2) is 5.66. The van der Waals surface area contributed by atoms with Crippen LogP contribution in [-0.4, -0.2) is 10.1 Å². The van der Waals surface area contributed by atoms with E-state index in [0.29, 0.717) is 6.42 Å². The first-order valence-electron chi connectivity index (χ1n) is 7.23. The van der Waals surface area contributed by atoms with Crippen LogP contribution in [0.2, 0.25) is 0 Å². The van der Waals surface area contributed by atoms with Gasteiger partial charge in [0.05, 0.1) is 11.6 Å². The second-order valence-corrected chi connectivity index (χ2v) is 5.58. The van der Waals surface area contributed by atoms with E-state index >= 15 is 0 Å². The molecule has 0 fully saturated rings. The number of fused-ring (bicyclic) bond motifs is 1. The van der Waals surface area contributed by atoms with Crippen molar-refractivity contribution >= 4 is 10.9 Å². The van der Waals surface area contributed by atoms with Gasteiger partial charge in [0.15, 0.2) is 0 Å². The molecule has 2 nitrogen and oxygen atoms in total. The minimum absolute atomic E-state index is 0.515. The van der Waals surface area contributed by atoms with Crippen LogP contribution in [0.1, 0.15) is 28.5 Å². The molecule has 0 spiro atoms. The third kappa shape index (κ3) is 2.96. The lowest BCUT2D eigenvalue weighted by molar-refractivity contribution is 0.176. The number of nitrogens with zero attached hydrogens (tertiary/aromatic N) is 1. The Balaban J connectivity index is 1.87. The second-order valence-electron chi connectivity index (χ2n) is 5.58. The third-order valence-electron chi connectivity index (χ3n) is 3.84. The molecular formula is C19H19NO. The van der Waals surface area contributed by atoms with E-state index in [4.69, 9.17) is 0 Å². The molecule has 0 bridgehead atoms. The van der Waals surface area contributed by atoms with Gasteiger partial charge in [-0.1, -0.05) is 48.0 Å². The van der Waals surface area contributed by atoms with Crippen LogP contribution >= 0.6 is 0 Å². The molecule has 1 unspecified atom stereocenters. The zero-order valence-corrected chi connectivity index (χ0v) is 12.4. The van der Waals surface area contributed by atoms with Crippen LogP contribution in [0.15, 0.2) is 54.6 Å². The van der Waals surface area contributed by atoms with E-state index < -0.39 is 6.10 Å². The monoisotopic (exact) mass is 277 g/mol. The average Bonchev–Trinajstić information content (AvgIpc) is 2.47. The minimum Gasteiger partial charge on any atom is -0.388 e. The van der Waals surface area contributed by atoms with Crippen molar-refractivity contribution < 1.29 is 5.11 Å². The largest absolute Gasteiger partial charge is 0.388 e. The Bertz CT molecular complexity index is 779. The predicted molar refractivity (Wildman–Crippen MR) is 86.3 cm³/mol. The summed E-state index contributed by atoms with van der Waals surface area (Å²) in [7, 11) is 0. The Morgan fingerprint density at radius 2 is 1.81 bits per heavy atom. The number of aryl methyl sites for hydroxylation is 2. The van der Waals surface area contributed by atoms with Crippen LogP contribution in [0.3, 0.4) is 0 Å². The highest BCUT2D eigenvalue weighted by Gasteiger charge is 2.12. The molecule has 0 saturated heterocycles. The number of hydrogen-bond acceptors (Lipinski definition) is 2. The molecule has 1 N–H and O–H groups in total. The Kier molecular flexibility index (Phi) is 3.72. The van der Waals surface area contributed by atoms with Crippen LogP contribution in [-0.2, 0) is 6.42 Å². The Labute approximate surface area is 125 Å². The Morgan fingerprint density at radius 1 is 1.00 bits per heavy atom. The number of aliphatic hydroxyl groups excluding tert-OH is 1. The summed E-state index contributed by atoms with van der Waals surface area (Å²) in [6, 6.07) is 18.3. The fourth-order valence-electron chi connectivity index (χ4n) is 2.73. The molecule has 0 amide bonds. The molecular weight excluding hydrogens is 258 g/mol. The third-order valence-corrected chi connectivity index (χ3v) is 3.84. The van der Waals surface area contributed by atoms with E-state index in [1.54, 1.807) is 0 Å². The van der Waals surface area contributed by atoms with Crippen LogP contribution in [0.5, 0.6) is 0 Å². The molecule has 0 aliphatic heterocycles. The lowest BCUT2D eigenvalue weighted by atomic mass is 9.98. The number of para-hydroxylation sites is 1. The van der Waals surface area contributed by atoms with E-state index in [-0.39, 0.29) is 0 Å². The van der Waals surface area contributed by atoms with Gasteiger partial charge in [0, 0.05) is 17.5 Å². The topological polar surface area (TPSA) is 33.1 Å². The lowest BCUT2D eigenvalue weighted by Gasteiger charge is -2.14. The maximum Gasteiger partial charge on any atom is 0.0848 e. The van der Waals surface area contributed by atoms with Gasteiger partial charge in [-0.3, -0.25) is 4.98 Å². The van der Waals surface area contributed by atoms with Crippen molar-refractivity contribution in [2.24, 2.45) is 0 Å². The van der Waals surface area contributed by atoms with E-state index in [1.165, 1.54) is 5.56 Å². The summed E-state index contributed by atoms with van der Waals surface area (Å²) in [4.78, 5) is 4.63. The number of hydrogen-bond donors (Lipinski definition) is 1. The molecule has 0 aliphatic carbocycles. The first-order valence-corrected chi connectivity index (χ1v) is 7.23. The zero-order valence-electron chi connectivity index (χ0n) is 12.4. The molecule has 0 radical (unpaired) electrons. The van der Waals surface area contributed by atoms with Gasteiger partial charge >= 0.3 is 0 Å².